The molecule has 1 rings (SSSR count). The van der Waals surface area contributed by atoms with Gasteiger partial charge in [-0.05, 0) is 33.2 Å². The van der Waals surface area contributed by atoms with Gasteiger partial charge in [-0.1, -0.05) is 0 Å². The van der Waals surface area contributed by atoms with Gasteiger partial charge >= 0.3 is 6.18 Å². The minimum absolute atomic E-state index is 0.0395. The highest BCUT2D eigenvalue weighted by Crippen LogP contribution is 2.28. The van der Waals surface area contributed by atoms with E-state index >= 15 is 0 Å². The summed E-state index contributed by atoms with van der Waals surface area (Å²) in [5.41, 5.74) is 2.12. The van der Waals surface area contributed by atoms with Crippen LogP contribution in [0.2, 0.25) is 0 Å². The van der Waals surface area contributed by atoms with Crippen molar-refractivity contribution in [3.8, 4) is 0 Å². The Labute approximate surface area is 114 Å². The van der Waals surface area contributed by atoms with E-state index in [1.165, 1.54) is 6.26 Å². The number of hydrogen-bond acceptors (Lipinski definition) is 4. The fourth-order valence-corrected chi connectivity index (χ4v) is 1.52. The van der Waals surface area contributed by atoms with Gasteiger partial charge in [-0.3, -0.25) is 9.69 Å². The van der Waals surface area contributed by atoms with Crippen LogP contribution in [0.3, 0.4) is 0 Å². The molecule has 1 aromatic heterocycles. The number of nitrogens with one attached hydrogen (secondary N) is 1. The van der Waals surface area contributed by atoms with Gasteiger partial charge in [-0.25, -0.2) is 0 Å². The summed E-state index contributed by atoms with van der Waals surface area (Å²) >= 11 is 0. The molecule has 1 heterocycles. The monoisotopic (exact) mass is 293 g/mol. The van der Waals surface area contributed by atoms with E-state index in [1.807, 2.05) is 0 Å². The number of furan rings is 1. The number of carbonyl (C=O) groups excluding carboxylic acids is 1. The molecule has 0 radical (unpaired) electrons. The van der Waals surface area contributed by atoms with Crippen LogP contribution in [0.1, 0.15) is 18.7 Å². The molecule has 8 heteroatoms. The molecule has 1 aromatic rings. The van der Waals surface area contributed by atoms with Crippen molar-refractivity contribution in [2.24, 2.45) is 5.73 Å². The second-order valence-electron chi connectivity index (χ2n) is 4.90. The molecular weight excluding hydrogens is 275 g/mol. The third-order valence-corrected chi connectivity index (χ3v) is 3.01. The molecule has 0 aliphatic carbocycles. The van der Waals surface area contributed by atoms with Gasteiger partial charge < -0.3 is 15.5 Å². The normalized spacial score (nSPS) is 16.8. The number of carbonyl (C=O) groups is 1. The Morgan fingerprint density at radius 3 is 2.50 bits per heavy atom. The summed E-state index contributed by atoms with van der Waals surface area (Å²) in [6, 6.07) is 2.97. The molecule has 20 heavy (non-hydrogen) atoms. The molecule has 0 spiro atoms. The quantitative estimate of drug-likeness (QED) is 0.858. The summed E-state index contributed by atoms with van der Waals surface area (Å²) in [4.78, 5) is 13.3. The van der Waals surface area contributed by atoms with Crippen LogP contribution in [-0.2, 0) is 4.79 Å². The zero-order valence-electron chi connectivity index (χ0n) is 11.5. The van der Waals surface area contributed by atoms with Crippen molar-refractivity contribution < 1.29 is 22.4 Å². The predicted octanol–water partition coefficient (Wildman–Crippen LogP) is 1.28. The summed E-state index contributed by atoms with van der Waals surface area (Å²) in [6.45, 7) is 0.599. The number of hydrogen-bond donors (Lipinski definition) is 2. The molecule has 2 unspecified atom stereocenters. The lowest BCUT2D eigenvalue weighted by Crippen LogP contribution is -2.61. The van der Waals surface area contributed by atoms with Crippen LogP contribution in [0.4, 0.5) is 13.2 Å². The van der Waals surface area contributed by atoms with Crippen molar-refractivity contribution in [1.82, 2.24) is 10.2 Å². The number of rotatable bonds is 5. The SMILES string of the molecule is CN(C)C(CNC(=O)C(C)(N)C(F)(F)F)c1ccco1. The highest BCUT2D eigenvalue weighted by Gasteiger charge is 2.53. The topological polar surface area (TPSA) is 71.5 Å². The number of amides is 1. The molecule has 5 nitrogen and oxygen atoms in total. The van der Waals surface area contributed by atoms with Gasteiger partial charge in [0.2, 0.25) is 5.91 Å². The molecule has 0 bridgehead atoms. The number of likely N-dealkylation sites (N-methyl/N-ethyl adjacent to an activating group) is 1. The van der Waals surface area contributed by atoms with Crippen molar-refractivity contribution >= 4 is 5.91 Å². The molecule has 0 saturated heterocycles. The lowest BCUT2D eigenvalue weighted by atomic mass is 10.0. The van der Waals surface area contributed by atoms with Crippen LogP contribution >= 0.6 is 0 Å². The molecule has 0 saturated carbocycles. The Bertz CT molecular complexity index is 441. The number of nitrogens with two attached hydrogens (primary N) is 1. The van der Waals surface area contributed by atoms with Crippen molar-refractivity contribution in [3.63, 3.8) is 0 Å². The van der Waals surface area contributed by atoms with Gasteiger partial charge in [0.15, 0.2) is 5.54 Å². The Kier molecular flexibility index (Phi) is 4.82. The van der Waals surface area contributed by atoms with Crippen LogP contribution in [0.5, 0.6) is 0 Å². The highest BCUT2D eigenvalue weighted by atomic mass is 19.4. The van der Waals surface area contributed by atoms with Crippen LogP contribution in [-0.4, -0.2) is 43.2 Å². The maximum Gasteiger partial charge on any atom is 0.415 e. The van der Waals surface area contributed by atoms with E-state index < -0.39 is 17.6 Å². The van der Waals surface area contributed by atoms with Crippen molar-refractivity contribution in [3.05, 3.63) is 24.2 Å². The van der Waals surface area contributed by atoms with Gasteiger partial charge in [0.05, 0.1) is 12.3 Å². The van der Waals surface area contributed by atoms with Gasteiger partial charge in [-0.2, -0.15) is 13.2 Å². The average molecular weight is 293 g/mol. The highest BCUT2D eigenvalue weighted by molar-refractivity contribution is 5.86. The fraction of sp³-hybridized carbons (Fsp3) is 0.583. The summed E-state index contributed by atoms with van der Waals surface area (Å²) in [5, 5.41) is 2.21. The zero-order valence-corrected chi connectivity index (χ0v) is 11.5. The smallest absolute Gasteiger partial charge is 0.415 e. The fourth-order valence-electron chi connectivity index (χ4n) is 1.52. The Balaban J connectivity index is 2.72. The lowest BCUT2D eigenvalue weighted by Gasteiger charge is -2.28. The van der Waals surface area contributed by atoms with Crippen LogP contribution in [0.25, 0.3) is 0 Å². The van der Waals surface area contributed by atoms with Gasteiger partial charge in [-0.15, -0.1) is 0 Å². The molecule has 0 aliphatic heterocycles. The van der Waals surface area contributed by atoms with E-state index in [9.17, 15) is 18.0 Å². The van der Waals surface area contributed by atoms with Crippen LogP contribution in [0, 0.1) is 0 Å². The van der Waals surface area contributed by atoms with E-state index in [0.29, 0.717) is 12.7 Å². The number of halogens is 3. The van der Waals surface area contributed by atoms with Crippen molar-refractivity contribution in [2.75, 3.05) is 20.6 Å². The summed E-state index contributed by atoms with van der Waals surface area (Å²) < 4.78 is 43.1. The molecule has 3 N–H and O–H groups in total. The van der Waals surface area contributed by atoms with E-state index in [0.717, 1.165) is 0 Å². The Morgan fingerprint density at radius 2 is 2.10 bits per heavy atom. The van der Waals surface area contributed by atoms with Gasteiger partial charge in [0.1, 0.15) is 5.76 Å². The first-order valence-electron chi connectivity index (χ1n) is 5.91. The van der Waals surface area contributed by atoms with E-state index in [-0.39, 0.29) is 12.6 Å². The van der Waals surface area contributed by atoms with Crippen molar-refractivity contribution in [1.29, 1.82) is 0 Å². The molecule has 1 amide bonds. The standard InChI is InChI=1S/C12H18F3N3O2/c1-11(16,12(13,14)15)10(19)17-7-8(18(2)3)9-5-4-6-20-9/h4-6,8H,7,16H2,1-3H3,(H,17,19). The van der Waals surface area contributed by atoms with Crippen molar-refractivity contribution in [2.45, 2.75) is 24.7 Å². The van der Waals surface area contributed by atoms with E-state index in [4.69, 9.17) is 10.2 Å². The second-order valence-corrected chi connectivity index (χ2v) is 4.90. The average Bonchev–Trinajstić information content (AvgIpc) is 2.80. The largest absolute Gasteiger partial charge is 0.468 e. The third-order valence-electron chi connectivity index (χ3n) is 3.01. The van der Waals surface area contributed by atoms with Crippen LogP contribution in [0.15, 0.2) is 22.8 Å². The molecule has 0 aromatic carbocycles. The first-order valence-corrected chi connectivity index (χ1v) is 5.91. The van der Waals surface area contributed by atoms with E-state index in [1.54, 1.807) is 31.1 Å². The summed E-state index contributed by atoms with van der Waals surface area (Å²) in [6.07, 6.45) is -3.36. The second kappa shape index (κ2) is 5.84. The lowest BCUT2D eigenvalue weighted by molar-refractivity contribution is -0.187. The molecular formula is C12H18F3N3O2. The third kappa shape index (κ3) is 3.51. The minimum Gasteiger partial charge on any atom is -0.468 e. The minimum atomic E-state index is -4.81. The van der Waals surface area contributed by atoms with Gasteiger partial charge in [0, 0.05) is 6.54 Å². The maximum atomic E-state index is 12.6. The molecule has 0 fully saturated rings. The molecule has 2 atom stereocenters. The maximum absolute atomic E-state index is 12.6. The summed E-state index contributed by atoms with van der Waals surface area (Å²) in [7, 11) is 3.45. The predicted molar refractivity (Wildman–Crippen MR) is 66.8 cm³/mol. The Morgan fingerprint density at radius 1 is 1.50 bits per heavy atom. The first-order chi connectivity index (χ1) is 9.07. The first kappa shape index (κ1) is 16.5. The number of alkyl halides is 3. The molecule has 114 valence electrons. The Hall–Kier alpha value is -1.54. The molecule has 0 aliphatic rings. The van der Waals surface area contributed by atoms with E-state index in [2.05, 4.69) is 5.32 Å². The van der Waals surface area contributed by atoms with Gasteiger partial charge in [0.25, 0.3) is 0 Å². The zero-order chi connectivity index (χ0) is 15.6. The summed E-state index contributed by atoms with van der Waals surface area (Å²) in [5.74, 6) is -0.732. The van der Waals surface area contributed by atoms with Crippen LogP contribution < -0.4 is 11.1 Å². The number of nitrogens with zero attached hydrogens (tertiary/aromatic N) is 1.